The maximum atomic E-state index is 12.2. The average molecular weight is 327 g/mol. The summed E-state index contributed by atoms with van der Waals surface area (Å²) in [6, 6.07) is 11.5. The van der Waals surface area contributed by atoms with E-state index >= 15 is 0 Å². The molecule has 2 N–H and O–H groups in total. The molecule has 1 aromatic carbocycles. The predicted molar refractivity (Wildman–Crippen MR) is 96.7 cm³/mol. The molecule has 128 valence electrons. The monoisotopic (exact) mass is 327 g/mol. The van der Waals surface area contributed by atoms with Gasteiger partial charge in [0, 0.05) is 25.0 Å². The van der Waals surface area contributed by atoms with E-state index in [1.54, 1.807) is 19.4 Å². The minimum atomic E-state index is -0.150. The Labute approximate surface area is 143 Å². The fraction of sp³-hybridized carbons (Fsp3) is 0.368. The van der Waals surface area contributed by atoms with Crippen LogP contribution in [0.25, 0.3) is 0 Å². The second-order valence-electron chi connectivity index (χ2n) is 5.56. The Kier molecular flexibility index (Phi) is 7.08. The number of carbonyl (C=O) groups is 1. The van der Waals surface area contributed by atoms with Gasteiger partial charge in [-0.15, -0.1) is 0 Å². The van der Waals surface area contributed by atoms with Crippen LogP contribution in [-0.4, -0.2) is 31.1 Å². The largest absolute Gasteiger partial charge is 0.497 e. The molecule has 0 aliphatic rings. The first-order valence-electron chi connectivity index (χ1n) is 8.34. The average Bonchev–Trinajstić information content (AvgIpc) is 2.63. The molecule has 0 spiro atoms. The van der Waals surface area contributed by atoms with Gasteiger partial charge >= 0.3 is 0 Å². The molecular weight excluding hydrogens is 302 g/mol. The van der Waals surface area contributed by atoms with Gasteiger partial charge in [0.2, 0.25) is 0 Å². The van der Waals surface area contributed by atoms with Crippen molar-refractivity contribution in [1.29, 1.82) is 0 Å². The van der Waals surface area contributed by atoms with Gasteiger partial charge in [-0.1, -0.05) is 25.5 Å². The molecule has 0 atom stereocenters. The molecule has 0 unspecified atom stereocenters. The van der Waals surface area contributed by atoms with Gasteiger partial charge in [-0.2, -0.15) is 0 Å². The van der Waals surface area contributed by atoms with Crippen LogP contribution in [-0.2, 0) is 6.42 Å². The number of anilines is 1. The number of hydrogen-bond donors (Lipinski definition) is 2. The van der Waals surface area contributed by atoms with Crippen molar-refractivity contribution < 1.29 is 9.53 Å². The lowest BCUT2D eigenvalue weighted by molar-refractivity contribution is 0.0949. The molecule has 24 heavy (non-hydrogen) atoms. The summed E-state index contributed by atoms with van der Waals surface area (Å²) in [5.41, 5.74) is 2.52. The predicted octanol–water partition coefficient (Wildman–Crippen LogP) is 3.27. The summed E-state index contributed by atoms with van der Waals surface area (Å²) in [7, 11) is 1.65. The molecule has 0 aliphatic heterocycles. The van der Waals surface area contributed by atoms with Gasteiger partial charge < -0.3 is 15.4 Å². The molecule has 0 bridgehead atoms. The Hall–Kier alpha value is -2.56. The lowest BCUT2D eigenvalue weighted by Crippen LogP contribution is -2.26. The van der Waals surface area contributed by atoms with E-state index in [0.29, 0.717) is 12.2 Å². The SMILES string of the molecule is CCCCNc1ccnc(C(=O)NCCc2ccc(OC)cc2)c1. The highest BCUT2D eigenvalue weighted by atomic mass is 16.5. The molecule has 0 saturated heterocycles. The van der Waals surface area contributed by atoms with Crippen molar-refractivity contribution in [3.8, 4) is 5.75 Å². The number of hydrogen-bond acceptors (Lipinski definition) is 4. The molecule has 1 amide bonds. The number of rotatable bonds is 9. The first-order valence-corrected chi connectivity index (χ1v) is 8.34. The fourth-order valence-corrected chi connectivity index (χ4v) is 2.28. The van der Waals surface area contributed by atoms with Crippen molar-refractivity contribution in [2.75, 3.05) is 25.5 Å². The van der Waals surface area contributed by atoms with Crippen molar-refractivity contribution in [1.82, 2.24) is 10.3 Å². The minimum absolute atomic E-state index is 0.150. The van der Waals surface area contributed by atoms with Crippen molar-refractivity contribution >= 4 is 11.6 Å². The summed E-state index contributed by atoms with van der Waals surface area (Å²) in [5, 5.41) is 6.21. The van der Waals surface area contributed by atoms with E-state index in [2.05, 4.69) is 22.5 Å². The van der Waals surface area contributed by atoms with Gasteiger partial charge in [0.05, 0.1) is 7.11 Å². The highest BCUT2D eigenvalue weighted by Crippen LogP contribution is 2.11. The molecule has 2 aromatic rings. The molecule has 1 aromatic heterocycles. The van der Waals surface area contributed by atoms with E-state index in [9.17, 15) is 4.79 Å². The summed E-state index contributed by atoms with van der Waals surface area (Å²) < 4.78 is 5.13. The number of aromatic nitrogens is 1. The van der Waals surface area contributed by atoms with Gasteiger partial charge in [0.15, 0.2) is 0 Å². The van der Waals surface area contributed by atoms with Crippen molar-refractivity contribution in [3.63, 3.8) is 0 Å². The van der Waals surface area contributed by atoms with Crippen LogP contribution in [0.4, 0.5) is 5.69 Å². The van der Waals surface area contributed by atoms with Gasteiger partial charge in [0.1, 0.15) is 11.4 Å². The van der Waals surface area contributed by atoms with Crippen LogP contribution in [0, 0.1) is 0 Å². The lowest BCUT2D eigenvalue weighted by atomic mass is 10.1. The molecule has 2 rings (SSSR count). The Balaban J connectivity index is 1.82. The molecule has 0 saturated carbocycles. The van der Waals surface area contributed by atoms with E-state index in [1.165, 1.54) is 0 Å². The highest BCUT2D eigenvalue weighted by molar-refractivity contribution is 5.93. The molecule has 0 aliphatic carbocycles. The molecule has 0 fully saturated rings. The van der Waals surface area contributed by atoms with Crippen LogP contribution in [0.15, 0.2) is 42.6 Å². The third kappa shape index (κ3) is 5.57. The second-order valence-corrected chi connectivity index (χ2v) is 5.56. The standard InChI is InChI=1S/C19H25N3O2/c1-3-4-11-20-16-10-13-21-18(14-16)19(23)22-12-9-15-5-7-17(24-2)8-6-15/h5-8,10,13-14H,3-4,9,11-12H2,1-2H3,(H,20,21)(H,22,23). The normalized spacial score (nSPS) is 10.2. The van der Waals surface area contributed by atoms with Crippen molar-refractivity contribution in [2.45, 2.75) is 26.2 Å². The number of methoxy groups -OCH3 is 1. The molecule has 1 heterocycles. The van der Waals surface area contributed by atoms with Crippen LogP contribution in [0.5, 0.6) is 5.75 Å². The molecule has 5 heteroatoms. The van der Waals surface area contributed by atoms with Crippen LogP contribution in [0.3, 0.4) is 0 Å². The van der Waals surface area contributed by atoms with Gasteiger partial charge in [0.25, 0.3) is 5.91 Å². The van der Waals surface area contributed by atoms with Gasteiger partial charge in [-0.3, -0.25) is 9.78 Å². The van der Waals surface area contributed by atoms with Crippen molar-refractivity contribution in [3.05, 3.63) is 53.9 Å². The minimum Gasteiger partial charge on any atom is -0.497 e. The van der Waals surface area contributed by atoms with Crippen LogP contribution < -0.4 is 15.4 Å². The zero-order chi connectivity index (χ0) is 17.2. The summed E-state index contributed by atoms with van der Waals surface area (Å²) >= 11 is 0. The third-order valence-electron chi connectivity index (χ3n) is 3.71. The number of amides is 1. The summed E-state index contributed by atoms with van der Waals surface area (Å²) in [5.74, 6) is 0.682. The molecular formula is C19H25N3O2. The fourth-order valence-electron chi connectivity index (χ4n) is 2.28. The maximum Gasteiger partial charge on any atom is 0.269 e. The van der Waals surface area contributed by atoms with Gasteiger partial charge in [-0.25, -0.2) is 0 Å². The molecule has 5 nitrogen and oxygen atoms in total. The number of nitrogens with zero attached hydrogens (tertiary/aromatic N) is 1. The van der Waals surface area contributed by atoms with E-state index in [4.69, 9.17) is 4.74 Å². The van der Waals surface area contributed by atoms with E-state index in [-0.39, 0.29) is 5.91 Å². The lowest BCUT2D eigenvalue weighted by Gasteiger charge is -2.08. The summed E-state index contributed by atoms with van der Waals surface area (Å²) in [6.45, 7) is 3.62. The van der Waals surface area contributed by atoms with Gasteiger partial charge in [-0.05, 0) is 42.7 Å². The zero-order valence-corrected chi connectivity index (χ0v) is 14.3. The van der Waals surface area contributed by atoms with Crippen molar-refractivity contribution in [2.24, 2.45) is 0 Å². The first kappa shape index (κ1) is 17.8. The first-order chi connectivity index (χ1) is 11.7. The highest BCUT2D eigenvalue weighted by Gasteiger charge is 2.07. The zero-order valence-electron chi connectivity index (χ0n) is 14.3. The smallest absolute Gasteiger partial charge is 0.269 e. The third-order valence-corrected chi connectivity index (χ3v) is 3.71. The van der Waals surface area contributed by atoms with Crippen LogP contribution >= 0.6 is 0 Å². The summed E-state index contributed by atoms with van der Waals surface area (Å²) in [6.07, 6.45) is 4.67. The second kappa shape index (κ2) is 9.55. The van der Waals surface area contributed by atoms with Crippen LogP contribution in [0.1, 0.15) is 35.8 Å². The Morgan fingerprint density at radius 1 is 1.17 bits per heavy atom. The quantitative estimate of drug-likeness (QED) is 0.694. The number of ether oxygens (including phenoxy) is 1. The summed E-state index contributed by atoms with van der Waals surface area (Å²) in [4.78, 5) is 16.3. The number of carbonyl (C=O) groups excluding carboxylic acids is 1. The van der Waals surface area contributed by atoms with E-state index in [0.717, 1.165) is 42.8 Å². The Morgan fingerprint density at radius 3 is 2.67 bits per heavy atom. The number of nitrogens with one attached hydrogen (secondary N) is 2. The Bertz CT molecular complexity index is 641. The van der Waals surface area contributed by atoms with E-state index < -0.39 is 0 Å². The van der Waals surface area contributed by atoms with Crippen LogP contribution in [0.2, 0.25) is 0 Å². The number of unbranched alkanes of at least 4 members (excludes halogenated alkanes) is 1. The Morgan fingerprint density at radius 2 is 1.96 bits per heavy atom. The number of pyridine rings is 1. The van der Waals surface area contributed by atoms with E-state index in [1.807, 2.05) is 30.3 Å². The molecule has 0 radical (unpaired) electrons. The number of benzene rings is 1. The maximum absolute atomic E-state index is 12.2. The topological polar surface area (TPSA) is 63.2 Å².